The van der Waals surface area contributed by atoms with Crippen LogP contribution in [0.15, 0.2) is 23.0 Å². The monoisotopic (exact) mass is 224 g/mol. The molecule has 0 radical (unpaired) electrons. The molecule has 1 aromatic heterocycles. The topological polar surface area (TPSA) is 37.8 Å². The molecule has 0 aliphatic carbocycles. The van der Waals surface area contributed by atoms with Crippen LogP contribution in [0.1, 0.15) is 5.69 Å². The molecule has 0 atom stereocenters. The molecule has 0 spiro atoms. The zero-order valence-corrected chi connectivity index (χ0v) is 8.84. The van der Waals surface area contributed by atoms with E-state index in [0.717, 1.165) is 12.1 Å². The minimum Gasteiger partial charge on any atom is -0.300 e. The molecule has 0 saturated heterocycles. The van der Waals surface area contributed by atoms with Gasteiger partial charge in [-0.15, -0.1) is 0 Å². The number of aromatic amines is 1. The van der Waals surface area contributed by atoms with Gasteiger partial charge in [-0.25, -0.2) is 8.78 Å². The van der Waals surface area contributed by atoms with Gasteiger partial charge in [0.05, 0.1) is 5.56 Å². The highest BCUT2D eigenvalue weighted by Gasteiger charge is 2.13. The molecule has 2 rings (SSSR count). The van der Waals surface area contributed by atoms with Gasteiger partial charge in [-0.1, -0.05) is 6.07 Å². The Hall–Kier alpha value is -1.91. The average molecular weight is 224 g/mol. The summed E-state index contributed by atoms with van der Waals surface area (Å²) in [6.45, 7) is 1.71. The lowest BCUT2D eigenvalue weighted by molar-refractivity contribution is 0.509. The van der Waals surface area contributed by atoms with Crippen LogP contribution in [-0.2, 0) is 7.05 Å². The molecule has 0 fully saturated rings. The van der Waals surface area contributed by atoms with E-state index in [1.165, 1.54) is 10.7 Å². The Labute approximate surface area is 90.3 Å². The number of hydrogen-bond donors (Lipinski definition) is 1. The number of hydrogen-bond acceptors (Lipinski definition) is 1. The second-order valence-corrected chi connectivity index (χ2v) is 3.60. The van der Waals surface area contributed by atoms with Gasteiger partial charge < -0.3 is 0 Å². The van der Waals surface area contributed by atoms with Crippen molar-refractivity contribution in [2.75, 3.05) is 0 Å². The van der Waals surface area contributed by atoms with Gasteiger partial charge in [-0.3, -0.25) is 14.6 Å². The lowest BCUT2D eigenvalue weighted by Gasteiger charge is -1.99. The van der Waals surface area contributed by atoms with Crippen molar-refractivity contribution in [3.63, 3.8) is 0 Å². The molecule has 1 N–H and O–H groups in total. The Morgan fingerprint density at radius 2 is 1.94 bits per heavy atom. The average Bonchev–Trinajstić information content (AvgIpc) is 2.47. The standard InChI is InChI=1S/C11H10F2N2O/c1-6-10(11(16)15(2)14-6)7-3-4-8(12)9(13)5-7/h3-5,14H,1-2H3. The summed E-state index contributed by atoms with van der Waals surface area (Å²) in [5.74, 6) is -1.88. The van der Waals surface area contributed by atoms with E-state index in [-0.39, 0.29) is 5.56 Å². The molecule has 0 unspecified atom stereocenters. The summed E-state index contributed by atoms with van der Waals surface area (Å²) >= 11 is 0. The summed E-state index contributed by atoms with van der Waals surface area (Å²) in [7, 11) is 1.57. The maximum Gasteiger partial charge on any atom is 0.274 e. The second kappa shape index (κ2) is 3.59. The Bertz CT molecular complexity index is 599. The van der Waals surface area contributed by atoms with E-state index < -0.39 is 11.6 Å². The van der Waals surface area contributed by atoms with Gasteiger partial charge in [0.15, 0.2) is 11.6 Å². The van der Waals surface area contributed by atoms with Crippen LogP contribution in [0.4, 0.5) is 8.78 Å². The minimum atomic E-state index is -0.958. The number of rotatable bonds is 1. The van der Waals surface area contributed by atoms with Crippen molar-refractivity contribution in [2.24, 2.45) is 7.05 Å². The number of aryl methyl sites for hydroxylation is 2. The zero-order chi connectivity index (χ0) is 11.9. The highest BCUT2D eigenvalue weighted by atomic mass is 19.2. The number of H-pyrrole nitrogens is 1. The van der Waals surface area contributed by atoms with Crippen molar-refractivity contribution >= 4 is 0 Å². The van der Waals surface area contributed by atoms with Crippen molar-refractivity contribution in [3.8, 4) is 11.1 Å². The number of nitrogens with one attached hydrogen (secondary N) is 1. The second-order valence-electron chi connectivity index (χ2n) is 3.60. The number of nitrogens with zero attached hydrogens (tertiary/aromatic N) is 1. The normalized spacial score (nSPS) is 10.8. The van der Waals surface area contributed by atoms with E-state index >= 15 is 0 Å². The van der Waals surface area contributed by atoms with Crippen LogP contribution in [0.5, 0.6) is 0 Å². The molecule has 3 nitrogen and oxygen atoms in total. The number of halogens is 2. The molecule has 0 bridgehead atoms. The summed E-state index contributed by atoms with van der Waals surface area (Å²) in [5.41, 5.74) is 1.10. The first-order chi connectivity index (χ1) is 7.50. The van der Waals surface area contributed by atoms with Crippen LogP contribution in [-0.4, -0.2) is 9.78 Å². The number of aromatic nitrogens is 2. The summed E-state index contributed by atoms with van der Waals surface area (Å²) in [5, 5.41) is 2.80. The van der Waals surface area contributed by atoms with Gasteiger partial charge in [0, 0.05) is 12.7 Å². The lowest BCUT2D eigenvalue weighted by Crippen LogP contribution is -2.13. The molecule has 0 aliphatic rings. The van der Waals surface area contributed by atoms with E-state index in [4.69, 9.17) is 0 Å². The van der Waals surface area contributed by atoms with Gasteiger partial charge >= 0.3 is 0 Å². The SMILES string of the molecule is Cc1[nH]n(C)c(=O)c1-c1ccc(F)c(F)c1. The minimum absolute atomic E-state index is 0.261. The van der Waals surface area contributed by atoms with Crippen molar-refractivity contribution in [1.29, 1.82) is 0 Å². The van der Waals surface area contributed by atoms with E-state index in [1.807, 2.05) is 0 Å². The Morgan fingerprint density at radius 3 is 2.44 bits per heavy atom. The molecular formula is C11H10F2N2O. The van der Waals surface area contributed by atoms with Crippen LogP contribution in [0.2, 0.25) is 0 Å². The molecule has 5 heteroatoms. The first-order valence-corrected chi connectivity index (χ1v) is 4.71. The molecular weight excluding hydrogens is 214 g/mol. The fourth-order valence-corrected chi connectivity index (χ4v) is 1.68. The van der Waals surface area contributed by atoms with Gasteiger partial charge in [-0.05, 0) is 24.6 Å². The quantitative estimate of drug-likeness (QED) is 0.790. The van der Waals surface area contributed by atoms with Gasteiger partial charge in [0.2, 0.25) is 0 Å². The molecule has 0 aliphatic heterocycles. The fraction of sp³-hybridized carbons (Fsp3) is 0.182. The van der Waals surface area contributed by atoms with Crippen LogP contribution in [0, 0.1) is 18.6 Å². The van der Waals surface area contributed by atoms with E-state index in [9.17, 15) is 13.6 Å². The highest BCUT2D eigenvalue weighted by Crippen LogP contribution is 2.20. The summed E-state index contributed by atoms with van der Waals surface area (Å²) in [4.78, 5) is 11.7. The summed E-state index contributed by atoms with van der Waals surface area (Å²) in [6.07, 6.45) is 0. The van der Waals surface area contributed by atoms with Crippen molar-refractivity contribution in [2.45, 2.75) is 6.92 Å². The smallest absolute Gasteiger partial charge is 0.274 e. The molecule has 0 saturated carbocycles. The van der Waals surface area contributed by atoms with Crippen molar-refractivity contribution in [3.05, 3.63) is 45.9 Å². The molecule has 1 aromatic carbocycles. The van der Waals surface area contributed by atoms with Gasteiger partial charge in [0.1, 0.15) is 0 Å². The maximum atomic E-state index is 13.0. The van der Waals surface area contributed by atoms with E-state index in [1.54, 1.807) is 14.0 Å². The van der Waals surface area contributed by atoms with Crippen molar-refractivity contribution < 1.29 is 8.78 Å². The molecule has 84 valence electrons. The Balaban J connectivity index is 2.68. The summed E-state index contributed by atoms with van der Waals surface area (Å²) < 4.78 is 27.1. The van der Waals surface area contributed by atoms with Crippen molar-refractivity contribution in [1.82, 2.24) is 9.78 Å². The third-order valence-electron chi connectivity index (χ3n) is 2.44. The predicted octanol–water partition coefficient (Wildman–Crippen LogP) is 1.97. The first kappa shape index (κ1) is 10.6. The Kier molecular flexibility index (Phi) is 2.38. The molecule has 2 aromatic rings. The van der Waals surface area contributed by atoms with Crippen LogP contribution in [0.3, 0.4) is 0 Å². The maximum absolute atomic E-state index is 13.0. The van der Waals surface area contributed by atoms with Crippen LogP contribution in [0.25, 0.3) is 11.1 Å². The zero-order valence-electron chi connectivity index (χ0n) is 8.84. The first-order valence-electron chi connectivity index (χ1n) is 4.71. The third-order valence-corrected chi connectivity index (χ3v) is 2.44. The van der Waals surface area contributed by atoms with Crippen LogP contribution < -0.4 is 5.56 Å². The van der Waals surface area contributed by atoms with E-state index in [2.05, 4.69) is 5.10 Å². The fourth-order valence-electron chi connectivity index (χ4n) is 1.68. The lowest BCUT2D eigenvalue weighted by atomic mass is 10.1. The molecule has 1 heterocycles. The molecule has 16 heavy (non-hydrogen) atoms. The van der Waals surface area contributed by atoms with Crippen LogP contribution >= 0.6 is 0 Å². The third kappa shape index (κ3) is 1.54. The van der Waals surface area contributed by atoms with Gasteiger partial charge in [-0.2, -0.15) is 0 Å². The molecule has 0 amide bonds. The summed E-state index contributed by atoms with van der Waals surface area (Å²) in [6, 6.07) is 3.42. The van der Waals surface area contributed by atoms with Gasteiger partial charge in [0.25, 0.3) is 5.56 Å². The Morgan fingerprint density at radius 1 is 1.25 bits per heavy atom. The predicted molar refractivity (Wildman–Crippen MR) is 56.1 cm³/mol. The highest BCUT2D eigenvalue weighted by molar-refractivity contribution is 5.64. The van der Waals surface area contributed by atoms with E-state index in [0.29, 0.717) is 16.8 Å². The number of benzene rings is 1. The largest absolute Gasteiger partial charge is 0.300 e.